The molecule has 8 heteroatoms. The first-order chi connectivity index (χ1) is 14.5. The molecule has 2 aromatic carbocycles. The summed E-state index contributed by atoms with van der Waals surface area (Å²) in [6.07, 6.45) is 1.96. The van der Waals surface area contributed by atoms with Crippen molar-refractivity contribution in [3.63, 3.8) is 0 Å². The van der Waals surface area contributed by atoms with Crippen molar-refractivity contribution in [2.75, 3.05) is 25.2 Å². The van der Waals surface area contributed by atoms with Crippen LogP contribution in [-0.2, 0) is 4.79 Å². The quantitative estimate of drug-likeness (QED) is 0.394. The van der Waals surface area contributed by atoms with Crippen molar-refractivity contribution in [2.24, 2.45) is 0 Å². The zero-order valence-electron chi connectivity index (χ0n) is 16.4. The number of benzene rings is 2. The third-order valence-corrected chi connectivity index (χ3v) is 7.50. The third-order valence-electron chi connectivity index (χ3n) is 4.43. The summed E-state index contributed by atoms with van der Waals surface area (Å²) >= 11 is 4.57. The Morgan fingerprint density at radius 2 is 1.80 bits per heavy atom. The number of nitrogens with one attached hydrogen (secondary N) is 1. The van der Waals surface area contributed by atoms with Crippen molar-refractivity contribution < 1.29 is 9.59 Å². The Morgan fingerprint density at radius 1 is 1.03 bits per heavy atom. The van der Waals surface area contributed by atoms with E-state index in [4.69, 9.17) is 0 Å². The van der Waals surface area contributed by atoms with E-state index < -0.39 is 0 Å². The molecule has 0 bridgehead atoms. The van der Waals surface area contributed by atoms with Crippen LogP contribution in [0.15, 0.2) is 65.6 Å². The lowest BCUT2D eigenvalue weighted by Gasteiger charge is -2.16. The monoisotopic (exact) mass is 453 g/mol. The van der Waals surface area contributed by atoms with Gasteiger partial charge in [-0.3, -0.25) is 9.59 Å². The number of hydrogen-bond acceptors (Lipinski definition) is 6. The van der Waals surface area contributed by atoms with Gasteiger partial charge in [-0.1, -0.05) is 24.3 Å². The van der Waals surface area contributed by atoms with Crippen molar-refractivity contribution >= 4 is 62.2 Å². The van der Waals surface area contributed by atoms with Crippen molar-refractivity contribution in [3.8, 4) is 9.88 Å². The van der Waals surface area contributed by atoms with Crippen molar-refractivity contribution in [2.45, 2.75) is 4.90 Å². The van der Waals surface area contributed by atoms with Gasteiger partial charge in [0.25, 0.3) is 5.91 Å². The van der Waals surface area contributed by atoms with Gasteiger partial charge in [0.1, 0.15) is 5.01 Å². The molecule has 30 heavy (non-hydrogen) atoms. The van der Waals surface area contributed by atoms with E-state index in [9.17, 15) is 9.59 Å². The molecular weight excluding hydrogens is 434 g/mol. The van der Waals surface area contributed by atoms with E-state index in [1.807, 2.05) is 60.9 Å². The number of carbonyl (C=O) groups excluding carboxylic acids is 2. The van der Waals surface area contributed by atoms with Crippen LogP contribution in [0.3, 0.4) is 0 Å². The molecule has 0 aliphatic rings. The second kappa shape index (κ2) is 8.99. The number of thiophene rings is 1. The van der Waals surface area contributed by atoms with E-state index in [-0.39, 0.29) is 18.4 Å². The predicted molar refractivity (Wildman–Crippen MR) is 127 cm³/mol. The van der Waals surface area contributed by atoms with E-state index >= 15 is 0 Å². The van der Waals surface area contributed by atoms with Gasteiger partial charge in [-0.2, -0.15) is 0 Å². The molecule has 0 saturated heterocycles. The van der Waals surface area contributed by atoms with Crippen LogP contribution in [0.25, 0.3) is 20.1 Å². The molecule has 2 heterocycles. The maximum absolute atomic E-state index is 12.8. The summed E-state index contributed by atoms with van der Waals surface area (Å²) in [5.74, 6) is -0.407. The van der Waals surface area contributed by atoms with E-state index in [2.05, 4.69) is 10.3 Å². The summed E-state index contributed by atoms with van der Waals surface area (Å²) < 4.78 is 1.12. The summed E-state index contributed by atoms with van der Waals surface area (Å²) in [6.45, 7) is -0.0179. The molecule has 2 aromatic heterocycles. The first-order valence-corrected chi connectivity index (χ1v) is 12.0. The molecule has 1 N–H and O–H groups in total. The first kappa shape index (κ1) is 20.6. The van der Waals surface area contributed by atoms with E-state index in [1.165, 1.54) is 16.2 Å². The fourth-order valence-corrected chi connectivity index (χ4v) is 5.53. The Kier molecular flexibility index (Phi) is 6.17. The Hall–Kier alpha value is -2.68. The second-order valence-electron chi connectivity index (χ2n) is 6.56. The van der Waals surface area contributed by atoms with Gasteiger partial charge in [-0.25, -0.2) is 4.98 Å². The van der Waals surface area contributed by atoms with Crippen LogP contribution in [0.4, 0.5) is 5.69 Å². The topological polar surface area (TPSA) is 62.3 Å². The summed E-state index contributed by atoms with van der Waals surface area (Å²) in [6, 6.07) is 19.3. The zero-order valence-corrected chi connectivity index (χ0v) is 18.9. The minimum atomic E-state index is -0.227. The van der Waals surface area contributed by atoms with Crippen LogP contribution in [0.2, 0.25) is 0 Å². The normalized spacial score (nSPS) is 10.9. The van der Waals surface area contributed by atoms with Gasteiger partial charge in [0.2, 0.25) is 5.91 Å². The van der Waals surface area contributed by atoms with Crippen molar-refractivity contribution in [1.29, 1.82) is 0 Å². The van der Waals surface area contributed by atoms with E-state index in [0.29, 0.717) is 4.88 Å². The molecule has 0 saturated carbocycles. The van der Waals surface area contributed by atoms with E-state index in [0.717, 1.165) is 30.7 Å². The number of likely N-dealkylation sites (N-methyl/N-ethyl adjacent to an activating group) is 1. The molecule has 4 aromatic rings. The van der Waals surface area contributed by atoms with Crippen LogP contribution in [0, 0.1) is 0 Å². The number of para-hydroxylation sites is 2. The van der Waals surface area contributed by atoms with Crippen LogP contribution in [0.1, 0.15) is 9.67 Å². The zero-order chi connectivity index (χ0) is 21.1. The number of carbonyl (C=O) groups is 2. The maximum atomic E-state index is 12.8. The molecule has 5 nitrogen and oxygen atoms in total. The van der Waals surface area contributed by atoms with Gasteiger partial charge in [-0.05, 0) is 42.7 Å². The largest absolute Gasteiger partial charge is 0.332 e. The number of thiazole rings is 1. The fourth-order valence-electron chi connectivity index (χ4n) is 2.96. The molecule has 0 spiro atoms. The maximum Gasteiger partial charge on any atom is 0.264 e. The molecule has 0 atom stereocenters. The van der Waals surface area contributed by atoms with Crippen LogP contribution in [0.5, 0.6) is 0 Å². The predicted octanol–water partition coefficient (Wildman–Crippen LogP) is 5.46. The number of hydrogen-bond donors (Lipinski definition) is 1. The average molecular weight is 454 g/mol. The minimum Gasteiger partial charge on any atom is -0.332 e. The average Bonchev–Trinajstić information content (AvgIpc) is 3.40. The smallest absolute Gasteiger partial charge is 0.264 e. The molecule has 152 valence electrons. The molecule has 4 rings (SSSR count). The summed E-state index contributed by atoms with van der Waals surface area (Å²) in [7, 11) is 1.64. The number of anilines is 1. The van der Waals surface area contributed by atoms with Crippen LogP contribution in [-0.4, -0.2) is 41.5 Å². The number of amides is 2. The Balaban J connectivity index is 1.43. The Morgan fingerprint density at radius 3 is 2.60 bits per heavy atom. The fraction of sp³-hybridized carbons (Fsp3) is 0.136. The van der Waals surface area contributed by atoms with Gasteiger partial charge in [0.15, 0.2) is 0 Å². The summed E-state index contributed by atoms with van der Waals surface area (Å²) in [4.78, 5) is 33.8. The Bertz CT molecular complexity index is 1180. The number of fused-ring (bicyclic) bond motifs is 1. The van der Waals surface area contributed by atoms with Crippen molar-refractivity contribution in [3.05, 3.63) is 65.5 Å². The van der Waals surface area contributed by atoms with Crippen molar-refractivity contribution in [1.82, 2.24) is 9.88 Å². The highest BCUT2D eigenvalue weighted by atomic mass is 32.2. The van der Waals surface area contributed by atoms with Gasteiger partial charge in [-0.15, -0.1) is 34.4 Å². The van der Waals surface area contributed by atoms with E-state index in [1.54, 1.807) is 36.2 Å². The van der Waals surface area contributed by atoms with Gasteiger partial charge < -0.3 is 10.2 Å². The molecule has 0 radical (unpaired) electrons. The molecule has 0 unspecified atom stereocenters. The number of nitrogens with zero attached hydrogens (tertiary/aromatic N) is 2. The van der Waals surface area contributed by atoms with Gasteiger partial charge >= 0.3 is 0 Å². The van der Waals surface area contributed by atoms with Crippen LogP contribution < -0.4 is 5.32 Å². The molecule has 0 fully saturated rings. The molecule has 2 amide bonds. The molecule has 0 aliphatic heterocycles. The van der Waals surface area contributed by atoms with Gasteiger partial charge in [0.05, 0.1) is 32.2 Å². The standard InChI is InChI=1S/C22H19N3O2S3/c1-25(13-20(26)23-14-7-3-5-9-16(14)28-2)22(27)19-12-11-18(29-19)21-24-15-8-4-6-10-17(15)30-21/h3-12H,13H2,1-2H3,(H,23,26). The molecule has 0 aliphatic carbocycles. The molecular formula is C22H19N3O2S3. The lowest BCUT2D eigenvalue weighted by atomic mass is 10.3. The lowest BCUT2D eigenvalue weighted by Crippen LogP contribution is -2.34. The highest BCUT2D eigenvalue weighted by Crippen LogP contribution is 2.34. The number of aromatic nitrogens is 1. The summed E-state index contributed by atoms with van der Waals surface area (Å²) in [5, 5.41) is 3.78. The van der Waals surface area contributed by atoms with Gasteiger partial charge in [0, 0.05) is 11.9 Å². The summed E-state index contributed by atoms with van der Waals surface area (Å²) in [5.41, 5.74) is 1.71. The second-order valence-corrected chi connectivity index (χ2v) is 9.52. The van der Waals surface area contributed by atoms with Crippen LogP contribution >= 0.6 is 34.4 Å². The minimum absolute atomic E-state index is 0.0179. The highest BCUT2D eigenvalue weighted by molar-refractivity contribution is 7.98. The Labute approximate surface area is 186 Å². The highest BCUT2D eigenvalue weighted by Gasteiger charge is 2.19. The number of rotatable bonds is 6. The third kappa shape index (κ3) is 4.40. The lowest BCUT2D eigenvalue weighted by molar-refractivity contribution is -0.116. The first-order valence-electron chi connectivity index (χ1n) is 9.19. The SMILES string of the molecule is CSc1ccccc1NC(=O)CN(C)C(=O)c1ccc(-c2nc3ccccc3s2)s1. The number of thioether (sulfide) groups is 1.